The van der Waals surface area contributed by atoms with Crippen LogP contribution in [0.5, 0.6) is 0 Å². The Hall–Kier alpha value is -1.25. The quantitative estimate of drug-likeness (QED) is 0.498. The highest BCUT2D eigenvalue weighted by Crippen LogP contribution is 2.59. The summed E-state index contributed by atoms with van der Waals surface area (Å²) in [6, 6.07) is 7.58. The zero-order valence-corrected chi connectivity index (χ0v) is 15.4. The fourth-order valence-corrected chi connectivity index (χ4v) is 3.20. The molecule has 4 heteroatoms. The lowest BCUT2D eigenvalue weighted by molar-refractivity contribution is -0.147. The highest BCUT2D eigenvalue weighted by atomic mass is 35.5. The maximum Gasteiger partial charge on any atom is 0.310 e. The molecule has 0 bridgehead atoms. The van der Waals surface area contributed by atoms with Crippen LogP contribution >= 0.6 is 23.2 Å². The number of hydrogen-bond acceptors (Lipinski definition) is 2. The normalized spacial score (nSPS) is 21.3. The van der Waals surface area contributed by atoms with E-state index in [0.29, 0.717) is 0 Å². The average molecular weight is 353 g/mol. The largest absolute Gasteiger partial charge is 0.461 e. The minimum atomic E-state index is -0.145. The van der Waals surface area contributed by atoms with Crippen LogP contribution < -0.4 is 0 Å². The van der Waals surface area contributed by atoms with Crippen molar-refractivity contribution in [2.45, 2.75) is 34.3 Å². The van der Waals surface area contributed by atoms with Crippen molar-refractivity contribution in [1.29, 1.82) is 0 Å². The lowest BCUT2D eigenvalue weighted by Crippen LogP contribution is -2.11. The van der Waals surface area contributed by atoms with Gasteiger partial charge in [0.15, 0.2) is 0 Å². The van der Waals surface area contributed by atoms with E-state index in [-0.39, 0.29) is 34.3 Å². The van der Waals surface area contributed by atoms with E-state index in [9.17, 15) is 4.79 Å². The lowest BCUT2D eigenvalue weighted by Gasteiger charge is -2.08. The molecule has 1 fully saturated rings. The van der Waals surface area contributed by atoms with Gasteiger partial charge in [-0.25, -0.2) is 0 Å². The minimum absolute atomic E-state index is 0.0345. The number of allylic oxidation sites excluding steroid dienone is 2. The predicted octanol–water partition coefficient (Wildman–Crippen LogP) is 5.74. The number of benzene rings is 1. The first kappa shape index (κ1) is 18.1. The summed E-state index contributed by atoms with van der Waals surface area (Å²) in [5, 5.41) is 0. The van der Waals surface area contributed by atoms with E-state index in [1.807, 2.05) is 24.3 Å². The van der Waals surface area contributed by atoms with Gasteiger partial charge in [0.2, 0.25) is 0 Å². The van der Waals surface area contributed by atoms with Crippen LogP contribution in [0.1, 0.15) is 38.8 Å². The topological polar surface area (TPSA) is 26.3 Å². The number of hydrogen-bond donors (Lipinski definition) is 0. The third-order valence-electron chi connectivity index (χ3n) is 4.37. The predicted molar refractivity (Wildman–Crippen MR) is 96.1 cm³/mol. The molecule has 2 atom stereocenters. The molecule has 2 nitrogen and oxygen atoms in total. The Kier molecular flexibility index (Phi) is 5.59. The van der Waals surface area contributed by atoms with Crippen LogP contribution in [0.2, 0.25) is 0 Å². The summed E-state index contributed by atoms with van der Waals surface area (Å²) in [5.74, 6) is 0.0393. The molecule has 124 valence electrons. The Balaban J connectivity index is 2.04. The molecule has 0 aliphatic heterocycles. The van der Waals surface area contributed by atoms with Crippen molar-refractivity contribution in [2.75, 3.05) is 0 Å². The summed E-state index contributed by atoms with van der Waals surface area (Å²) in [6.07, 6.45) is 3.81. The molecule has 0 saturated heterocycles. The number of esters is 1. The van der Waals surface area contributed by atoms with E-state index in [0.717, 1.165) is 11.1 Å². The second kappa shape index (κ2) is 7.11. The van der Waals surface area contributed by atoms with E-state index in [4.69, 9.17) is 27.9 Å². The Morgan fingerprint density at radius 3 is 2.52 bits per heavy atom. The molecule has 0 N–H and O–H groups in total. The van der Waals surface area contributed by atoms with Crippen molar-refractivity contribution >= 4 is 35.2 Å². The van der Waals surface area contributed by atoms with Crippen molar-refractivity contribution in [3.8, 4) is 0 Å². The van der Waals surface area contributed by atoms with E-state index < -0.39 is 0 Å². The van der Waals surface area contributed by atoms with E-state index in [1.165, 1.54) is 5.57 Å². The smallest absolute Gasteiger partial charge is 0.310 e. The summed E-state index contributed by atoms with van der Waals surface area (Å²) in [4.78, 5) is 12.4. The van der Waals surface area contributed by atoms with Crippen LogP contribution in [0.3, 0.4) is 0 Å². The van der Waals surface area contributed by atoms with Gasteiger partial charge in [0.25, 0.3) is 0 Å². The summed E-state index contributed by atoms with van der Waals surface area (Å²) in [7, 11) is 0. The van der Waals surface area contributed by atoms with Gasteiger partial charge in [-0.05, 0) is 42.4 Å². The standard InChI is InChI=1S/C19H22Cl2O2/c1-12(2)9-15-17(19(15,3)4)18(22)23-11-14-8-6-5-7-13(14)10-16(20)21/h5-10,15,17H,11H2,1-4H3. The monoisotopic (exact) mass is 352 g/mol. The fourth-order valence-electron chi connectivity index (χ4n) is 2.96. The fraction of sp³-hybridized carbons (Fsp3) is 0.421. The van der Waals surface area contributed by atoms with Gasteiger partial charge in [-0.1, -0.05) is 73.0 Å². The van der Waals surface area contributed by atoms with Crippen LogP contribution in [0.15, 0.2) is 40.4 Å². The molecule has 1 aromatic carbocycles. The molecule has 0 heterocycles. The van der Waals surface area contributed by atoms with Crippen LogP contribution in [0, 0.1) is 17.3 Å². The maximum absolute atomic E-state index is 12.4. The molecule has 1 aromatic rings. The summed E-state index contributed by atoms with van der Waals surface area (Å²) in [5.41, 5.74) is 2.94. The van der Waals surface area contributed by atoms with Gasteiger partial charge >= 0.3 is 5.97 Å². The first-order valence-corrected chi connectivity index (χ1v) is 8.41. The second-order valence-corrected chi connectivity index (χ2v) is 7.82. The number of carbonyl (C=O) groups is 1. The number of carbonyl (C=O) groups excluding carboxylic acids is 1. The van der Waals surface area contributed by atoms with Crippen molar-refractivity contribution in [3.63, 3.8) is 0 Å². The molecule has 1 aliphatic carbocycles. The third-order valence-corrected chi connectivity index (χ3v) is 4.59. The van der Waals surface area contributed by atoms with Crippen molar-refractivity contribution in [3.05, 3.63) is 51.5 Å². The van der Waals surface area contributed by atoms with Crippen LogP contribution in [0.4, 0.5) is 0 Å². The number of halogens is 2. The molecule has 0 radical (unpaired) electrons. The lowest BCUT2D eigenvalue weighted by atomic mass is 10.1. The SMILES string of the molecule is CC(C)=CC1C(C(=O)OCc2ccccc2C=C(Cl)Cl)C1(C)C. The van der Waals surface area contributed by atoms with Crippen molar-refractivity contribution in [1.82, 2.24) is 0 Å². The Morgan fingerprint density at radius 1 is 1.26 bits per heavy atom. The van der Waals surface area contributed by atoms with Gasteiger partial charge in [0.1, 0.15) is 11.1 Å². The highest BCUT2D eigenvalue weighted by Gasteiger charge is 2.61. The third kappa shape index (κ3) is 4.39. The van der Waals surface area contributed by atoms with Gasteiger partial charge in [-0.2, -0.15) is 0 Å². The van der Waals surface area contributed by atoms with Gasteiger partial charge in [-0.3, -0.25) is 4.79 Å². The van der Waals surface area contributed by atoms with Crippen LogP contribution in [-0.2, 0) is 16.1 Å². The zero-order chi connectivity index (χ0) is 17.2. The zero-order valence-electron chi connectivity index (χ0n) is 13.9. The molecule has 0 spiro atoms. The molecule has 2 rings (SSSR count). The van der Waals surface area contributed by atoms with Crippen molar-refractivity contribution in [2.24, 2.45) is 17.3 Å². The van der Waals surface area contributed by atoms with Gasteiger partial charge in [0, 0.05) is 0 Å². The van der Waals surface area contributed by atoms with E-state index >= 15 is 0 Å². The molecule has 1 aliphatic rings. The molecule has 1 saturated carbocycles. The number of rotatable bonds is 5. The van der Waals surface area contributed by atoms with Gasteiger partial charge < -0.3 is 4.74 Å². The number of ether oxygens (including phenoxy) is 1. The summed E-state index contributed by atoms with van der Waals surface area (Å²) in [6.45, 7) is 8.53. The van der Waals surface area contributed by atoms with Gasteiger partial charge in [-0.15, -0.1) is 0 Å². The van der Waals surface area contributed by atoms with Crippen LogP contribution in [-0.4, -0.2) is 5.97 Å². The Morgan fingerprint density at radius 2 is 1.91 bits per heavy atom. The van der Waals surface area contributed by atoms with Crippen LogP contribution in [0.25, 0.3) is 6.08 Å². The summed E-state index contributed by atoms with van der Waals surface area (Å²) < 4.78 is 5.71. The van der Waals surface area contributed by atoms with E-state index in [1.54, 1.807) is 6.08 Å². The second-order valence-electron chi connectivity index (χ2n) is 6.81. The first-order chi connectivity index (χ1) is 10.7. The van der Waals surface area contributed by atoms with Crippen molar-refractivity contribution < 1.29 is 9.53 Å². The Labute approximate surface area is 148 Å². The highest BCUT2D eigenvalue weighted by molar-refractivity contribution is 6.57. The maximum atomic E-state index is 12.4. The van der Waals surface area contributed by atoms with Gasteiger partial charge in [0.05, 0.1) is 5.92 Å². The molecule has 2 unspecified atom stereocenters. The summed E-state index contributed by atoms with van der Waals surface area (Å²) >= 11 is 11.4. The Bertz CT molecular complexity index is 651. The molecular weight excluding hydrogens is 331 g/mol. The van der Waals surface area contributed by atoms with E-state index in [2.05, 4.69) is 33.8 Å². The first-order valence-electron chi connectivity index (χ1n) is 7.65. The average Bonchev–Trinajstić information content (AvgIpc) is 2.97. The molecule has 0 aromatic heterocycles. The minimum Gasteiger partial charge on any atom is -0.461 e. The molecular formula is C19H22Cl2O2. The molecule has 23 heavy (non-hydrogen) atoms. The molecule has 0 amide bonds.